The lowest BCUT2D eigenvalue weighted by Gasteiger charge is -2.36. The van der Waals surface area contributed by atoms with Crippen LogP contribution >= 0.6 is 0 Å². The fourth-order valence-corrected chi connectivity index (χ4v) is 2.93. The molecule has 0 spiro atoms. The number of nitrogens with one attached hydrogen (secondary N) is 1. The Bertz CT molecular complexity index is 551. The molecule has 1 saturated heterocycles. The van der Waals surface area contributed by atoms with Gasteiger partial charge >= 0.3 is 0 Å². The summed E-state index contributed by atoms with van der Waals surface area (Å²) < 4.78 is 2.03. The first kappa shape index (κ1) is 14.2. The van der Waals surface area contributed by atoms with Gasteiger partial charge < -0.3 is 5.32 Å². The second kappa shape index (κ2) is 6.83. The van der Waals surface area contributed by atoms with E-state index in [1.54, 1.807) is 6.33 Å². The summed E-state index contributed by atoms with van der Waals surface area (Å²) in [5.41, 5.74) is 1.37. The Morgan fingerprint density at radius 3 is 2.95 bits per heavy atom. The van der Waals surface area contributed by atoms with Crippen LogP contribution in [0.25, 0.3) is 0 Å². The molecule has 21 heavy (non-hydrogen) atoms. The van der Waals surface area contributed by atoms with Crippen molar-refractivity contribution in [2.24, 2.45) is 0 Å². The Labute approximate surface area is 126 Å². The van der Waals surface area contributed by atoms with E-state index in [2.05, 4.69) is 57.6 Å². The Hall–Kier alpha value is -1.72. The third-order valence-corrected chi connectivity index (χ3v) is 4.01. The first-order valence-electron chi connectivity index (χ1n) is 7.75. The predicted molar refractivity (Wildman–Crippen MR) is 82.8 cm³/mol. The molecule has 1 atom stereocenters. The number of piperazine rings is 1. The molecule has 0 aliphatic carbocycles. The summed E-state index contributed by atoms with van der Waals surface area (Å²) in [5.74, 6) is 1.07. The lowest BCUT2D eigenvalue weighted by molar-refractivity contribution is 0.147. The normalized spacial score (nSPS) is 19.8. The standard InChI is InChI=1S/C16H23N5/c1-2-9-21-16(18-13-19-21)12-20-10-8-17-11-15(20)14-6-4-3-5-7-14/h3-7,13,15,17H,2,8-12H2,1H3. The van der Waals surface area contributed by atoms with Gasteiger partial charge in [-0.05, 0) is 12.0 Å². The highest BCUT2D eigenvalue weighted by atomic mass is 15.4. The van der Waals surface area contributed by atoms with E-state index in [0.29, 0.717) is 6.04 Å². The van der Waals surface area contributed by atoms with Crippen LogP contribution in [0.4, 0.5) is 0 Å². The van der Waals surface area contributed by atoms with E-state index >= 15 is 0 Å². The van der Waals surface area contributed by atoms with Crippen molar-refractivity contribution >= 4 is 0 Å². The van der Waals surface area contributed by atoms with Gasteiger partial charge in [0.2, 0.25) is 0 Å². The smallest absolute Gasteiger partial charge is 0.141 e. The molecule has 1 aliphatic heterocycles. The average Bonchev–Trinajstić information content (AvgIpc) is 2.96. The van der Waals surface area contributed by atoms with E-state index in [9.17, 15) is 0 Å². The number of aromatic nitrogens is 3. The molecule has 0 amide bonds. The number of benzene rings is 1. The maximum absolute atomic E-state index is 4.45. The van der Waals surface area contributed by atoms with Crippen molar-refractivity contribution in [2.75, 3.05) is 19.6 Å². The highest BCUT2D eigenvalue weighted by molar-refractivity contribution is 5.20. The quantitative estimate of drug-likeness (QED) is 0.910. The van der Waals surface area contributed by atoms with E-state index in [-0.39, 0.29) is 0 Å². The van der Waals surface area contributed by atoms with Crippen LogP contribution in [-0.4, -0.2) is 39.3 Å². The molecule has 1 aliphatic rings. The van der Waals surface area contributed by atoms with Gasteiger partial charge in [0, 0.05) is 32.2 Å². The molecule has 1 fully saturated rings. The molecule has 1 N–H and O–H groups in total. The second-order valence-electron chi connectivity index (χ2n) is 5.50. The van der Waals surface area contributed by atoms with Crippen LogP contribution in [0, 0.1) is 0 Å². The summed E-state index contributed by atoms with van der Waals surface area (Å²) in [5, 5.41) is 7.83. The first-order chi connectivity index (χ1) is 10.4. The summed E-state index contributed by atoms with van der Waals surface area (Å²) in [6, 6.07) is 11.1. The van der Waals surface area contributed by atoms with Crippen LogP contribution in [0.2, 0.25) is 0 Å². The molecule has 1 unspecified atom stereocenters. The van der Waals surface area contributed by atoms with Gasteiger partial charge in [0.25, 0.3) is 0 Å². The molecule has 2 aromatic rings. The van der Waals surface area contributed by atoms with Gasteiger partial charge in [-0.1, -0.05) is 37.3 Å². The third kappa shape index (κ3) is 3.31. The maximum atomic E-state index is 4.45. The molecular formula is C16H23N5. The highest BCUT2D eigenvalue weighted by Crippen LogP contribution is 2.23. The van der Waals surface area contributed by atoms with Crippen molar-refractivity contribution < 1.29 is 0 Å². The molecule has 0 bridgehead atoms. The Morgan fingerprint density at radius 2 is 2.14 bits per heavy atom. The van der Waals surface area contributed by atoms with Crippen molar-refractivity contribution in [3.63, 3.8) is 0 Å². The molecule has 2 heterocycles. The highest BCUT2D eigenvalue weighted by Gasteiger charge is 2.24. The Kier molecular flexibility index (Phi) is 4.62. The molecule has 1 aromatic carbocycles. The van der Waals surface area contributed by atoms with Crippen LogP contribution in [-0.2, 0) is 13.1 Å². The van der Waals surface area contributed by atoms with Crippen molar-refractivity contribution in [3.05, 3.63) is 48.0 Å². The van der Waals surface area contributed by atoms with E-state index in [0.717, 1.165) is 45.0 Å². The zero-order valence-electron chi connectivity index (χ0n) is 12.6. The van der Waals surface area contributed by atoms with E-state index < -0.39 is 0 Å². The minimum Gasteiger partial charge on any atom is -0.314 e. The SMILES string of the molecule is CCCn1ncnc1CN1CCNCC1c1ccccc1. The number of rotatable bonds is 5. The number of nitrogens with zero attached hydrogens (tertiary/aromatic N) is 4. The Morgan fingerprint density at radius 1 is 1.29 bits per heavy atom. The minimum absolute atomic E-state index is 0.409. The zero-order valence-corrected chi connectivity index (χ0v) is 12.6. The van der Waals surface area contributed by atoms with Crippen molar-refractivity contribution in [2.45, 2.75) is 32.5 Å². The monoisotopic (exact) mass is 285 g/mol. The molecule has 5 heteroatoms. The molecular weight excluding hydrogens is 262 g/mol. The van der Waals surface area contributed by atoms with Crippen molar-refractivity contribution in [1.82, 2.24) is 25.0 Å². The second-order valence-corrected chi connectivity index (χ2v) is 5.50. The molecule has 0 saturated carbocycles. The molecule has 5 nitrogen and oxygen atoms in total. The lowest BCUT2D eigenvalue weighted by Crippen LogP contribution is -2.45. The summed E-state index contributed by atoms with van der Waals surface area (Å²) in [6.07, 6.45) is 2.75. The van der Waals surface area contributed by atoms with Crippen molar-refractivity contribution in [1.29, 1.82) is 0 Å². The van der Waals surface area contributed by atoms with Gasteiger partial charge in [-0.15, -0.1) is 0 Å². The van der Waals surface area contributed by atoms with Gasteiger partial charge in [-0.2, -0.15) is 5.10 Å². The predicted octanol–water partition coefficient (Wildman–Crippen LogP) is 1.83. The summed E-state index contributed by atoms with van der Waals surface area (Å²) in [7, 11) is 0. The molecule has 0 radical (unpaired) electrons. The summed E-state index contributed by atoms with van der Waals surface area (Å²) in [6.45, 7) is 7.04. The number of hydrogen-bond donors (Lipinski definition) is 1. The van der Waals surface area contributed by atoms with E-state index in [4.69, 9.17) is 0 Å². The van der Waals surface area contributed by atoms with Gasteiger partial charge in [0.15, 0.2) is 0 Å². The lowest BCUT2D eigenvalue weighted by atomic mass is 10.0. The van der Waals surface area contributed by atoms with Crippen LogP contribution in [0.3, 0.4) is 0 Å². The summed E-state index contributed by atoms with van der Waals surface area (Å²) in [4.78, 5) is 6.95. The average molecular weight is 285 g/mol. The van der Waals surface area contributed by atoms with Gasteiger partial charge in [-0.3, -0.25) is 4.90 Å². The topological polar surface area (TPSA) is 46.0 Å². The maximum Gasteiger partial charge on any atom is 0.141 e. The minimum atomic E-state index is 0.409. The van der Waals surface area contributed by atoms with E-state index in [1.165, 1.54) is 5.56 Å². The van der Waals surface area contributed by atoms with E-state index in [1.807, 2.05) is 4.68 Å². The van der Waals surface area contributed by atoms with Gasteiger partial charge in [-0.25, -0.2) is 9.67 Å². The van der Waals surface area contributed by atoms with Gasteiger partial charge in [0.05, 0.1) is 6.54 Å². The van der Waals surface area contributed by atoms with Crippen LogP contribution in [0.5, 0.6) is 0 Å². The van der Waals surface area contributed by atoms with Crippen LogP contribution in [0.15, 0.2) is 36.7 Å². The molecule has 1 aromatic heterocycles. The van der Waals surface area contributed by atoms with Crippen LogP contribution < -0.4 is 5.32 Å². The number of hydrogen-bond acceptors (Lipinski definition) is 4. The fraction of sp³-hybridized carbons (Fsp3) is 0.500. The fourth-order valence-electron chi connectivity index (χ4n) is 2.93. The molecule has 3 rings (SSSR count). The third-order valence-electron chi connectivity index (χ3n) is 4.01. The Balaban J connectivity index is 1.77. The molecule has 112 valence electrons. The van der Waals surface area contributed by atoms with Crippen LogP contribution in [0.1, 0.15) is 30.8 Å². The first-order valence-corrected chi connectivity index (χ1v) is 7.75. The van der Waals surface area contributed by atoms with Crippen molar-refractivity contribution in [3.8, 4) is 0 Å². The number of aryl methyl sites for hydroxylation is 1. The zero-order chi connectivity index (χ0) is 14.5. The summed E-state index contributed by atoms with van der Waals surface area (Å²) >= 11 is 0. The largest absolute Gasteiger partial charge is 0.314 e. The van der Waals surface area contributed by atoms with Gasteiger partial charge in [0.1, 0.15) is 12.2 Å².